The highest BCUT2D eigenvalue weighted by Crippen LogP contribution is 1.98. The normalized spacial score (nSPS) is 10.7. The molecule has 0 spiro atoms. The Morgan fingerprint density at radius 2 is 2.00 bits per heavy atom. The van der Waals surface area contributed by atoms with Crippen LogP contribution in [0.3, 0.4) is 0 Å². The van der Waals surface area contributed by atoms with Crippen LogP contribution < -0.4 is 11.1 Å². The van der Waals surface area contributed by atoms with Crippen LogP contribution in [0, 0.1) is 0 Å². The standard InChI is InChI=1S/C9H19N3O3/c1-7(2)12(5-6-13)4-3-8(14)11-9(10)15/h7,13H,3-6H2,1-2H3,(H3,10,11,14,15). The van der Waals surface area contributed by atoms with Crippen LogP contribution in [-0.2, 0) is 4.79 Å². The summed E-state index contributed by atoms with van der Waals surface area (Å²) in [7, 11) is 0. The maximum atomic E-state index is 11.1. The number of hydrogen-bond donors (Lipinski definition) is 3. The first-order chi connectivity index (χ1) is 6.97. The molecule has 6 nitrogen and oxygen atoms in total. The number of amides is 3. The number of nitrogens with one attached hydrogen (secondary N) is 1. The first kappa shape index (κ1) is 13.9. The summed E-state index contributed by atoms with van der Waals surface area (Å²) in [4.78, 5) is 23.4. The van der Waals surface area contributed by atoms with Gasteiger partial charge in [-0.1, -0.05) is 0 Å². The quantitative estimate of drug-likeness (QED) is 0.547. The topological polar surface area (TPSA) is 95.7 Å². The van der Waals surface area contributed by atoms with Crippen LogP contribution in [0.1, 0.15) is 20.3 Å². The predicted molar refractivity (Wildman–Crippen MR) is 56.1 cm³/mol. The van der Waals surface area contributed by atoms with E-state index in [1.54, 1.807) is 0 Å². The lowest BCUT2D eigenvalue weighted by molar-refractivity contribution is -0.120. The molecular formula is C9H19N3O3. The number of primary amides is 1. The van der Waals surface area contributed by atoms with Gasteiger partial charge in [-0.15, -0.1) is 0 Å². The van der Waals surface area contributed by atoms with Crippen molar-refractivity contribution in [2.75, 3.05) is 19.7 Å². The summed E-state index contributed by atoms with van der Waals surface area (Å²) in [6.07, 6.45) is 0.196. The first-order valence-corrected chi connectivity index (χ1v) is 4.91. The zero-order valence-electron chi connectivity index (χ0n) is 9.19. The summed E-state index contributed by atoms with van der Waals surface area (Å²) in [5, 5.41) is 10.8. The molecule has 0 aromatic rings. The fraction of sp³-hybridized carbons (Fsp3) is 0.778. The van der Waals surface area contributed by atoms with Gasteiger partial charge in [0.05, 0.1) is 6.61 Å². The average Bonchev–Trinajstić information content (AvgIpc) is 2.10. The van der Waals surface area contributed by atoms with Crippen molar-refractivity contribution in [3.63, 3.8) is 0 Å². The molecule has 0 aromatic carbocycles. The fourth-order valence-electron chi connectivity index (χ4n) is 1.20. The second kappa shape index (κ2) is 7.19. The lowest BCUT2D eigenvalue weighted by Gasteiger charge is -2.24. The molecule has 0 aliphatic carbocycles. The molecule has 0 bridgehead atoms. The van der Waals surface area contributed by atoms with Gasteiger partial charge in [0.25, 0.3) is 0 Å². The van der Waals surface area contributed by atoms with Gasteiger partial charge in [0.2, 0.25) is 5.91 Å². The number of carbonyl (C=O) groups is 2. The average molecular weight is 217 g/mol. The third-order valence-corrected chi connectivity index (χ3v) is 2.01. The maximum Gasteiger partial charge on any atom is 0.318 e. The lowest BCUT2D eigenvalue weighted by Crippen LogP contribution is -2.39. The molecule has 88 valence electrons. The summed E-state index contributed by atoms with van der Waals surface area (Å²) < 4.78 is 0. The minimum Gasteiger partial charge on any atom is -0.395 e. The van der Waals surface area contributed by atoms with Gasteiger partial charge < -0.3 is 10.8 Å². The third kappa shape index (κ3) is 6.87. The maximum absolute atomic E-state index is 11.1. The molecular weight excluding hydrogens is 198 g/mol. The number of aliphatic hydroxyl groups excluding tert-OH is 1. The van der Waals surface area contributed by atoms with Gasteiger partial charge in [-0.25, -0.2) is 4.79 Å². The van der Waals surface area contributed by atoms with Crippen LogP contribution >= 0.6 is 0 Å². The number of aliphatic hydroxyl groups is 1. The fourth-order valence-corrected chi connectivity index (χ4v) is 1.20. The smallest absolute Gasteiger partial charge is 0.318 e. The Morgan fingerprint density at radius 1 is 1.40 bits per heavy atom. The van der Waals surface area contributed by atoms with E-state index < -0.39 is 11.9 Å². The number of carbonyl (C=O) groups excluding carboxylic acids is 2. The van der Waals surface area contributed by atoms with E-state index in [9.17, 15) is 9.59 Å². The number of rotatable bonds is 6. The zero-order valence-corrected chi connectivity index (χ0v) is 9.19. The Hall–Kier alpha value is -1.14. The van der Waals surface area contributed by atoms with E-state index in [0.717, 1.165) is 0 Å². The molecule has 0 atom stereocenters. The van der Waals surface area contributed by atoms with Gasteiger partial charge >= 0.3 is 6.03 Å². The van der Waals surface area contributed by atoms with E-state index in [1.165, 1.54) is 0 Å². The van der Waals surface area contributed by atoms with Gasteiger partial charge in [0, 0.05) is 25.6 Å². The highest BCUT2D eigenvalue weighted by atomic mass is 16.3. The van der Waals surface area contributed by atoms with E-state index in [4.69, 9.17) is 10.8 Å². The monoisotopic (exact) mass is 217 g/mol. The molecule has 4 N–H and O–H groups in total. The summed E-state index contributed by atoms with van der Waals surface area (Å²) >= 11 is 0. The van der Waals surface area contributed by atoms with Crippen LogP contribution in [0.25, 0.3) is 0 Å². The van der Waals surface area contributed by atoms with Crippen LogP contribution in [0.4, 0.5) is 4.79 Å². The Bertz CT molecular complexity index is 219. The van der Waals surface area contributed by atoms with Gasteiger partial charge in [0.15, 0.2) is 0 Å². The van der Waals surface area contributed by atoms with Crippen molar-refractivity contribution >= 4 is 11.9 Å². The Balaban J connectivity index is 3.88. The largest absolute Gasteiger partial charge is 0.395 e. The number of nitrogens with two attached hydrogens (primary N) is 1. The van der Waals surface area contributed by atoms with E-state index in [2.05, 4.69) is 0 Å². The van der Waals surface area contributed by atoms with Crippen molar-refractivity contribution in [1.82, 2.24) is 10.2 Å². The van der Waals surface area contributed by atoms with E-state index in [-0.39, 0.29) is 19.1 Å². The third-order valence-electron chi connectivity index (χ3n) is 2.01. The molecule has 6 heteroatoms. The minimum atomic E-state index is -0.835. The minimum absolute atomic E-state index is 0.0512. The summed E-state index contributed by atoms with van der Waals surface area (Å²) in [6.45, 7) is 5.01. The summed E-state index contributed by atoms with van der Waals surface area (Å²) in [6, 6.07) is -0.586. The molecule has 0 heterocycles. The number of imide groups is 1. The van der Waals surface area contributed by atoms with Gasteiger partial charge in [-0.2, -0.15) is 0 Å². The summed E-state index contributed by atoms with van der Waals surface area (Å²) in [5.41, 5.74) is 4.79. The lowest BCUT2D eigenvalue weighted by atomic mass is 10.2. The van der Waals surface area contributed by atoms with Crippen molar-refractivity contribution in [3.8, 4) is 0 Å². The number of urea groups is 1. The SMILES string of the molecule is CC(C)N(CCO)CCC(=O)NC(N)=O. The number of hydrogen-bond acceptors (Lipinski definition) is 4. The Kier molecular flexibility index (Phi) is 6.64. The molecule has 0 rings (SSSR count). The second-order valence-electron chi connectivity index (χ2n) is 3.52. The van der Waals surface area contributed by atoms with Crippen LogP contribution in [0.5, 0.6) is 0 Å². The molecule has 0 aliphatic rings. The van der Waals surface area contributed by atoms with Crippen LogP contribution in [0.15, 0.2) is 0 Å². The van der Waals surface area contributed by atoms with Crippen molar-refractivity contribution in [2.45, 2.75) is 26.3 Å². The first-order valence-electron chi connectivity index (χ1n) is 4.91. The molecule has 0 saturated carbocycles. The number of nitrogens with zero attached hydrogens (tertiary/aromatic N) is 1. The van der Waals surface area contributed by atoms with Crippen molar-refractivity contribution in [3.05, 3.63) is 0 Å². The highest BCUT2D eigenvalue weighted by molar-refractivity contribution is 5.93. The van der Waals surface area contributed by atoms with E-state index in [1.807, 2.05) is 24.1 Å². The highest BCUT2D eigenvalue weighted by Gasteiger charge is 2.11. The molecule has 0 unspecified atom stereocenters. The zero-order chi connectivity index (χ0) is 11.8. The van der Waals surface area contributed by atoms with Gasteiger partial charge in [0.1, 0.15) is 0 Å². The van der Waals surface area contributed by atoms with Crippen molar-refractivity contribution in [1.29, 1.82) is 0 Å². The molecule has 0 aliphatic heterocycles. The van der Waals surface area contributed by atoms with Crippen LogP contribution in [-0.4, -0.2) is 47.7 Å². The summed E-state index contributed by atoms with van der Waals surface area (Å²) in [5.74, 6) is -0.397. The molecule has 15 heavy (non-hydrogen) atoms. The molecule has 3 amide bonds. The molecule has 0 radical (unpaired) electrons. The van der Waals surface area contributed by atoms with Crippen molar-refractivity contribution < 1.29 is 14.7 Å². The predicted octanol–water partition coefficient (Wildman–Crippen LogP) is -0.726. The molecule has 0 saturated heterocycles. The van der Waals surface area contributed by atoms with Crippen LogP contribution in [0.2, 0.25) is 0 Å². The van der Waals surface area contributed by atoms with Gasteiger partial charge in [-0.3, -0.25) is 15.0 Å². The van der Waals surface area contributed by atoms with Crippen molar-refractivity contribution in [2.24, 2.45) is 5.73 Å². The Labute approximate surface area is 89.4 Å². The molecule has 0 aromatic heterocycles. The van der Waals surface area contributed by atoms with Gasteiger partial charge in [-0.05, 0) is 13.8 Å². The second-order valence-corrected chi connectivity index (χ2v) is 3.52. The Morgan fingerprint density at radius 3 is 2.40 bits per heavy atom. The van der Waals surface area contributed by atoms with E-state index in [0.29, 0.717) is 13.1 Å². The van der Waals surface area contributed by atoms with E-state index >= 15 is 0 Å². The molecule has 0 fully saturated rings.